The maximum absolute atomic E-state index is 8.36. The predicted molar refractivity (Wildman–Crippen MR) is 143 cm³/mol. The van der Waals surface area contributed by atoms with Crippen LogP contribution < -0.4 is 10.1 Å². The molecule has 0 saturated carbocycles. The number of nitrogens with zero attached hydrogens (tertiary/aromatic N) is 2. The lowest BCUT2D eigenvalue weighted by molar-refractivity contribution is -0.122. The van der Waals surface area contributed by atoms with Crippen molar-refractivity contribution in [3.63, 3.8) is 0 Å². The molecule has 0 aliphatic heterocycles. The van der Waals surface area contributed by atoms with Crippen molar-refractivity contribution in [3.8, 4) is 5.75 Å². The minimum atomic E-state index is -0.250. The molecule has 0 amide bonds. The van der Waals surface area contributed by atoms with Gasteiger partial charge in [0.1, 0.15) is 5.75 Å². The fraction of sp³-hybridized carbons (Fsp3) is 0.214. The van der Waals surface area contributed by atoms with Gasteiger partial charge in [0.05, 0.1) is 12.6 Å². The van der Waals surface area contributed by atoms with Crippen molar-refractivity contribution in [1.29, 1.82) is 5.41 Å². The molecule has 0 spiro atoms. The third-order valence-electron chi connectivity index (χ3n) is 5.30. The molecule has 0 aliphatic carbocycles. The predicted octanol–water partition coefficient (Wildman–Crippen LogP) is 6.33. The summed E-state index contributed by atoms with van der Waals surface area (Å²) >= 11 is 0. The summed E-state index contributed by atoms with van der Waals surface area (Å²) in [6, 6.07) is 20.3. The number of aliphatic imine (C=N–C) groups is 1. The van der Waals surface area contributed by atoms with Gasteiger partial charge in [0.2, 0.25) is 0 Å². The van der Waals surface area contributed by atoms with E-state index < -0.39 is 0 Å². The number of rotatable bonds is 12. The number of ether oxygens (including phenoxy) is 1. The number of pyridine rings is 1. The number of carbonyl (C=O) groups is 1. The molecule has 1 heterocycles. The normalized spacial score (nSPS) is 10.8. The van der Waals surface area contributed by atoms with Crippen molar-refractivity contribution < 1.29 is 14.6 Å². The van der Waals surface area contributed by atoms with Gasteiger partial charge in [-0.3, -0.25) is 4.79 Å². The van der Waals surface area contributed by atoms with E-state index in [1.165, 1.54) is 11.8 Å². The van der Waals surface area contributed by atoms with Crippen LogP contribution in [0.2, 0.25) is 0 Å². The monoisotopic (exact) mass is 472 g/mol. The molecule has 3 rings (SSSR count). The Morgan fingerprint density at radius 1 is 1.17 bits per heavy atom. The van der Waals surface area contributed by atoms with E-state index in [0.29, 0.717) is 12.4 Å². The van der Waals surface area contributed by atoms with E-state index in [1.807, 2.05) is 48.5 Å². The number of aromatic nitrogens is 1. The molecule has 3 aromatic rings. The largest absolute Gasteiger partial charge is 0.494 e. The quantitative estimate of drug-likeness (QED) is 0.162. The van der Waals surface area contributed by atoms with E-state index in [2.05, 4.69) is 47.6 Å². The maximum Gasteiger partial charge on any atom is 0.290 e. The van der Waals surface area contributed by atoms with Gasteiger partial charge in [-0.15, -0.1) is 0 Å². The van der Waals surface area contributed by atoms with Crippen molar-refractivity contribution in [2.24, 2.45) is 4.99 Å². The molecule has 7 heteroatoms. The van der Waals surface area contributed by atoms with Crippen molar-refractivity contribution in [1.82, 2.24) is 4.98 Å². The van der Waals surface area contributed by atoms with Crippen molar-refractivity contribution in [3.05, 3.63) is 89.6 Å². The second-order valence-corrected chi connectivity index (χ2v) is 7.54. The van der Waals surface area contributed by atoms with Crippen LogP contribution in [0.4, 0.5) is 11.5 Å². The molecular weight excluding hydrogens is 440 g/mol. The Morgan fingerprint density at radius 2 is 1.91 bits per heavy atom. The summed E-state index contributed by atoms with van der Waals surface area (Å²) in [6.45, 7) is 9.80. The van der Waals surface area contributed by atoms with Crippen LogP contribution in [0.1, 0.15) is 48.2 Å². The second kappa shape index (κ2) is 14.8. The fourth-order valence-corrected chi connectivity index (χ4v) is 3.54. The number of hydrogen-bond acceptors (Lipinski definition) is 6. The minimum absolute atomic E-state index is 0.191. The number of hydrogen-bond donors (Lipinski definition) is 3. The SMILES string of the molecule is C=Cc1ccc(CCCOc2ccc(NC(CC)c3ccccc3)c(C=N)c2)nc1N=C.O=CO. The number of aryl methyl sites for hydroxylation is 1. The first-order valence-electron chi connectivity index (χ1n) is 11.4. The molecule has 3 N–H and O–H groups in total. The number of nitrogens with one attached hydrogen (secondary N) is 2. The van der Waals surface area contributed by atoms with Crippen LogP contribution in [0.5, 0.6) is 5.75 Å². The van der Waals surface area contributed by atoms with Crippen molar-refractivity contribution in [2.75, 3.05) is 11.9 Å². The van der Waals surface area contributed by atoms with E-state index >= 15 is 0 Å². The summed E-state index contributed by atoms with van der Waals surface area (Å²) in [4.78, 5) is 16.8. The van der Waals surface area contributed by atoms with Gasteiger partial charge in [-0.2, -0.15) is 0 Å². The summed E-state index contributed by atoms with van der Waals surface area (Å²) in [5.74, 6) is 1.36. The van der Waals surface area contributed by atoms with Crippen molar-refractivity contribution in [2.45, 2.75) is 32.2 Å². The van der Waals surface area contributed by atoms with Crippen LogP contribution in [0.15, 0.2) is 72.2 Å². The Balaban J connectivity index is 0.00000137. The molecule has 0 bridgehead atoms. The molecule has 0 radical (unpaired) electrons. The van der Waals surface area contributed by atoms with Gasteiger partial charge >= 0.3 is 0 Å². The van der Waals surface area contributed by atoms with E-state index in [0.717, 1.165) is 47.5 Å². The summed E-state index contributed by atoms with van der Waals surface area (Å²) in [5, 5.41) is 18.3. The molecule has 0 aliphatic rings. The van der Waals surface area contributed by atoms with Gasteiger partial charge in [-0.1, -0.05) is 49.9 Å². The third-order valence-corrected chi connectivity index (χ3v) is 5.30. The molecular formula is C28H32N4O3. The summed E-state index contributed by atoms with van der Waals surface area (Å²) in [6.07, 6.45) is 5.65. The summed E-state index contributed by atoms with van der Waals surface area (Å²) in [5.41, 5.74) is 4.80. The van der Waals surface area contributed by atoms with Gasteiger partial charge in [-0.05, 0) is 61.9 Å². The van der Waals surface area contributed by atoms with E-state index in [1.54, 1.807) is 6.08 Å². The van der Waals surface area contributed by atoms with Crippen LogP contribution in [0.25, 0.3) is 6.08 Å². The Morgan fingerprint density at radius 3 is 2.54 bits per heavy atom. The first kappa shape index (κ1) is 27.0. The molecule has 7 nitrogen and oxygen atoms in total. The van der Waals surface area contributed by atoms with E-state index in [-0.39, 0.29) is 12.5 Å². The molecule has 0 fully saturated rings. The van der Waals surface area contributed by atoms with Gasteiger partial charge in [0, 0.05) is 28.7 Å². The molecule has 2 aromatic carbocycles. The van der Waals surface area contributed by atoms with Crippen LogP contribution in [-0.2, 0) is 11.2 Å². The highest BCUT2D eigenvalue weighted by Gasteiger charge is 2.11. The van der Waals surface area contributed by atoms with Gasteiger partial charge in [0.25, 0.3) is 6.47 Å². The average Bonchev–Trinajstić information content (AvgIpc) is 2.90. The molecule has 0 saturated heterocycles. The van der Waals surface area contributed by atoms with E-state index in [4.69, 9.17) is 20.0 Å². The van der Waals surface area contributed by atoms with Crippen LogP contribution in [0.3, 0.4) is 0 Å². The zero-order valence-electron chi connectivity index (χ0n) is 20.0. The number of anilines is 1. The van der Waals surface area contributed by atoms with Gasteiger partial charge < -0.3 is 20.6 Å². The Labute approximate surface area is 206 Å². The summed E-state index contributed by atoms with van der Waals surface area (Å²) in [7, 11) is 0. The van der Waals surface area contributed by atoms with Crippen LogP contribution in [-0.4, -0.2) is 36.1 Å². The molecule has 182 valence electrons. The maximum atomic E-state index is 8.36. The fourth-order valence-electron chi connectivity index (χ4n) is 3.54. The highest BCUT2D eigenvalue weighted by atomic mass is 16.5. The van der Waals surface area contributed by atoms with E-state index in [9.17, 15) is 0 Å². The van der Waals surface area contributed by atoms with Gasteiger partial charge in [0.15, 0.2) is 5.82 Å². The lowest BCUT2D eigenvalue weighted by Crippen LogP contribution is -2.11. The zero-order valence-corrected chi connectivity index (χ0v) is 20.0. The average molecular weight is 473 g/mol. The topological polar surface area (TPSA) is 108 Å². The standard InChI is InChI=1S/C27H30N4O.CH2O2/c1-4-20-13-14-23(30-27(20)29-3)12-9-17-32-24-15-16-26(22(18-24)19-28)31-25(5-2)21-10-7-6-8-11-21;2-1-3/h4,6-8,10-11,13-16,18-19,25,28,31H,1,3,5,9,12,17H2,2H3;1H,(H,2,3). The smallest absolute Gasteiger partial charge is 0.290 e. The lowest BCUT2D eigenvalue weighted by atomic mass is 10.0. The molecule has 1 aromatic heterocycles. The van der Waals surface area contributed by atoms with Crippen LogP contribution >= 0.6 is 0 Å². The highest BCUT2D eigenvalue weighted by Crippen LogP contribution is 2.27. The molecule has 35 heavy (non-hydrogen) atoms. The Hall–Kier alpha value is -4.26. The highest BCUT2D eigenvalue weighted by molar-refractivity contribution is 5.86. The Kier molecular flexibility index (Phi) is 11.4. The van der Waals surface area contributed by atoms with Crippen molar-refractivity contribution >= 4 is 37.0 Å². The zero-order chi connectivity index (χ0) is 25.5. The van der Waals surface area contributed by atoms with Gasteiger partial charge in [-0.25, -0.2) is 9.98 Å². The second-order valence-electron chi connectivity index (χ2n) is 7.54. The Bertz CT molecular complexity index is 1120. The first-order valence-corrected chi connectivity index (χ1v) is 11.4. The lowest BCUT2D eigenvalue weighted by Gasteiger charge is -2.20. The first-order chi connectivity index (χ1) is 17.1. The summed E-state index contributed by atoms with van der Waals surface area (Å²) < 4.78 is 5.93. The number of carboxylic acid groups (broad SMARTS) is 1. The number of benzene rings is 2. The third kappa shape index (κ3) is 8.23. The minimum Gasteiger partial charge on any atom is -0.494 e. The van der Waals surface area contributed by atoms with Crippen LogP contribution in [0, 0.1) is 5.41 Å². The molecule has 1 atom stereocenters. The molecule has 1 unspecified atom stereocenters.